The van der Waals surface area contributed by atoms with Crippen LogP contribution in [0.5, 0.6) is 11.5 Å². The molecule has 2 fully saturated rings. The van der Waals surface area contributed by atoms with E-state index in [0.717, 1.165) is 56.9 Å². The first-order valence-corrected chi connectivity index (χ1v) is 10.7. The summed E-state index contributed by atoms with van der Waals surface area (Å²) in [5.74, 6) is 1.95. The average molecular weight is 390 g/mol. The van der Waals surface area contributed by atoms with Crippen LogP contribution < -0.4 is 9.47 Å². The lowest BCUT2D eigenvalue weighted by molar-refractivity contribution is -0.0723. The SMILES string of the molecule is COc1cc2c(cc1OC[C@@H]1CCO1)CCN1CC(CC(C)(C)C)C(O)CC21. The second-order valence-electron chi connectivity index (χ2n) is 9.88. The number of methoxy groups -OCH3 is 1. The van der Waals surface area contributed by atoms with Crippen LogP contribution in [0.25, 0.3) is 0 Å². The molecular weight excluding hydrogens is 354 g/mol. The largest absolute Gasteiger partial charge is 0.493 e. The zero-order chi connectivity index (χ0) is 19.9. The Morgan fingerprint density at radius 3 is 2.68 bits per heavy atom. The highest BCUT2D eigenvalue weighted by atomic mass is 16.6. The molecule has 3 heterocycles. The summed E-state index contributed by atoms with van der Waals surface area (Å²) in [6.07, 6.45) is 3.91. The predicted octanol–water partition coefficient (Wildman–Crippen LogP) is 3.58. The maximum atomic E-state index is 10.9. The van der Waals surface area contributed by atoms with Crippen molar-refractivity contribution in [1.82, 2.24) is 4.90 Å². The third kappa shape index (κ3) is 4.17. The number of hydrogen-bond acceptors (Lipinski definition) is 5. The molecule has 5 nitrogen and oxygen atoms in total. The van der Waals surface area contributed by atoms with E-state index in [0.29, 0.717) is 12.5 Å². The van der Waals surface area contributed by atoms with E-state index in [1.165, 1.54) is 11.1 Å². The molecule has 156 valence electrons. The summed E-state index contributed by atoms with van der Waals surface area (Å²) in [5, 5.41) is 10.9. The zero-order valence-electron chi connectivity index (χ0n) is 17.7. The van der Waals surface area contributed by atoms with Crippen LogP contribution in [0.15, 0.2) is 12.1 Å². The number of piperidine rings is 1. The number of benzene rings is 1. The van der Waals surface area contributed by atoms with Crippen molar-refractivity contribution < 1.29 is 19.3 Å². The van der Waals surface area contributed by atoms with Crippen molar-refractivity contribution in [1.29, 1.82) is 0 Å². The smallest absolute Gasteiger partial charge is 0.161 e. The van der Waals surface area contributed by atoms with Crippen LogP contribution in [-0.2, 0) is 11.2 Å². The number of aliphatic hydroxyl groups is 1. The van der Waals surface area contributed by atoms with Crippen molar-refractivity contribution in [3.63, 3.8) is 0 Å². The second kappa shape index (κ2) is 7.85. The molecule has 2 saturated heterocycles. The molecule has 4 atom stereocenters. The number of nitrogens with zero attached hydrogens (tertiary/aromatic N) is 1. The topological polar surface area (TPSA) is 51.2 Å². The minimum atomic E-state index is -0.246. The summed E-state index contributed by atoms with van der Waals surface area (Å²) >= 11 is 0. The first-order chi connectivity index (χ1) is 13.3. The standard InChI is InChI=1S/C23H35NO4/c1-23(2,3)12-16-13-24-7-5-15-9-22(28-14-17-6-8-27-17)21(26-4)10-18(15)19(24)11-20(16)25/h9-10,16-17,19-20,25H,5-8,11-14H2,1-4H3/t16?,17-,19?,20?/m0/s1. The lowest BCUT2D eigenvalue weighted by atomic mass is 9.75. The Bertz CT molecular complexity index is 695. The number of ether oxygens (including phenoxy) is 3. The van der Waals surface area contributed by atoms with Crippen LogP contribution in [0.1, 0.15) is 57.2 Å². The molecular formula is C23H35NO4. The maximum absolute atomic E-state index is 10.9. The first-order valence-electron chi connectivity index (χ1n) is 10.7. The summed E-state index contributed by atoms with van der Waals surface area (Å²) in [7, 11) is 1.70. The molecule has 0 radical (unpaired) electrons. The van der Waals surface area contributed by atoms with Gasteiger partial charge in [-0.05, 0) is 53.9 Å². The number of fused-ring (bicyclic) bond motifs is 3. The molecule has 4 rings (SSSR count). The molecule has 0 aliphatic carbocycles. The first kappa shape index (κ1) is 20.0. The summed E-state index contributed by atoms with van der Waals surface area (Å²) in [6, 6.07) is 4.56. The van der Waals surface area contributed by atoms with E-state index in [4.69, 9.17) is 14.2 Å². The molecule has 0 saturated carbocycles. The molecule has 28 heavy (non-hydrogen) atoms. The van der Waals surface area contributed by atoms with Crippen LogP contribution in [0, 0.1) is 11.3 Å². The van der Waals surface area contributed by atoms with Crippen molar-refractivity contribution in [2.24, 2.45) is 11.3 Å². The Balaban J connectivity index is 1.52. The number of aliphatic hydroxyl groups excluding tert-OH is 1. The fourth-order valence-electron chi connectivity index (χ4n) is 4.96. The molecule has 0 spiro atoms. The summed E-state index contributed by atoms with van der Waals surface area (Å²) < 4.78 is 17.1. The van der Waals surface area contributed by atoms with Crippen LogP contribution in [0.2, 0.25) is 0 Å². The highest BCUT2D eigenvalue weighted by Crippen LogP contribution is 2.44. The molecule has 0 amide bonds. The van der Waals surface area contributed by atoms with E-state index in [1.807, 2.05) is 0 Å². The van der Waals surface area contributed by atoms with E-state index >= 15 is 0 Å². The van der Waals surface area contributed by atoms with E-state index in [1.54, 1.807) is 7.11 Å². The van der Waals surface area contributed by atoms with Crippen LogP contribution >= 0.6 is 0 Å². The summed E-state index contributed by atoms with van der Waals surface area (Å²) in [5.41, 5.74) is 2.86. The van der Waals surface area contributed by atoms with E-state index in [2.05, 4.69) is 37.8 Å². The van der Waals surface area contributed by atoms with Gasteiger partial charge < -0.3 is 19.3 Å². The van der Waals surface area contributed by atoms with Crippen molar-refractivity contribution in [3.05, 3.63) is 23.3 Å². The number of rotatable bonds is 5. The van der Waals surface area contributed by atoms with Crippen molar-refractivity contribution in [3.8, 4) is 11.5 Å². The van der Waals surface area contributed by atoms with Gasteiger partial charge in [-0.1, -0.05) is 20.8 Å². The average Bonchev–Trinajstić information content (AvgIpc) is 2.59. The number of hydrogen-bond donors (Lipinski definition) is 1. The van der Waals surface area contributed by atoms with Gasteiger partial charge in [0.2, 0.25) is 0 Å². The van der Waals surface area contributed by atoms with Gasteiger partial charge in [0.25, 0.3) is 0 Å². The van der Waals surface area contributed by atoms with Gasteiger partial charge in [0, 0.05) is 32.2 Å². The van der Waals surface area contributed by atoms with Crippen molar-refractivity contribution in [2.75, 3.05) is 33.4 Å². The monoisotopic (exact) mass is 389 g/mol. The molecule has 3 aliphatic heterocycles. The predicted molar refractivity (Wildman–Crippen MR) is 109 cm³/mol. The van der Waals surface area contributed by atoms with Gasteiger partial charge in [0.1, 0.15) is 6.61 Å². The molecule has 1 aromatic carbocycles. The fraction of sp³-hybridized carbons (Fsp3) is 0.739. The van der Waals surface area contributed by atoms with Gasteiger partial charge >= 0.3 is 0 Å². The van der Waals surface area contributed by atoms with E-state index < -0.39 is 0 Å². The second-order valence-corrected chi connectivity index (χ2v) is 9.88. The van der Waals surface area contributed by atoms with Gasteiger partial charge in [-0.15, -0.1) is 0 Å². The van der Waals surface area contributed by atoms with Gasteiger partial charge in [-0.2, -0.15) is 0 Å². The third-order valence-electron chi connectivity index (χ3n) is 6.46. The normalized spacial score (nSPS) is 30.2. The fourth-order valence-corrected chi connectivity index (χ4v) is 4.96. The summed E-state index contributed by atoms with van der Waals surface area (Å²) in [4.78, 5) is 2.56. The maximum Gasteiger partial charge on any atom is 0.161 e. The lowest BCUT2D eigenvalue weighted by Gasteiger charge is -2.47. The van der Waals surface area contributed by atoms with Gasteiger partial charge in [-0.25, -0.2) is 0 Å². The van der Waals surface area contributed by atoms with Gasteiger partial charge in [0.15, 0.2) is 11.5 Å². The van der Waals surface area contributed by atoms with Gasteiger partial charge in [0.05, 0.1) is 19.3 Å². The molecule has 5 heteroatoms. The van der Waals surface area contributed by atoms with Gasteiger partial charge in [-0.3, -0.25) is 4.90 Å². The Hall–Kier alpha value is -1.30. The molecule has 3 aliphatic rings. The molecule has 0 aromatic heterocycles. The Labute approximate surface area is 169 Å². The van der Waals surface area contributed by atoms with Crippen LogP contribution in [0.4, 0.5) is 0 Å². The molecule has 1 aromatic rings. The Morgan fingerprint density at radius 2 is 2.04 bits per heavy atom. The Kier molecular flexibility index (Phi) is 5.60. The van der Waals surface area contributed by atoms with Crippen molar-refractivity contribution in [2.45, 2.75) is 64.7 Å². The van der Waals surface area contributed by atoms with E-state index in [-0.39, 0.29) is 23.7 Å². The third-order valence-corrected chi connectivity index (χ3v) is 6.46. The Morgan fingerprint density at radius 1 is 1.25 bits per heavy atom. The quantitative estimate of drug-likeness (QED) is 0.834. The highest BCUT2D eigenvalue weighted by molar-refractivity contribution is 5.49. The molecule has 0 bridgehead atoms. The lowest BCUT2D eigenvalue weighted by Crippen LogP contribution is -2.48. The van der Waals surface area contributed by atoms with Crippen LogP contribution in [-0.4, -0.2) is 55.6 Å². The molecule has 1 N–H and O–H groups in total. The van der Waals surface area contributed by atoms with Crippen LogP contribution in [0.3, 0.4) is 0 Å². The highest BCUT2D eigenvalue weighted by Gasteiger charge is 2.39. The van der Waals surface area contributed by atoms with Crippen molar-refractivity contribution >= 4 is 0 Å². The summed E-state index contributed by atoms with van der Waals surface area (Å²) in [6.45, 7) is 10.2. The minimum Gasteiger partial charge on any atom is -0.493 e. The molecule has 3 unspecified atom stereocenters. The minimum absolute atomic E-state index is 0.212. The van der Waals surface area contributed by atoms with E-state index in [9.17, 15) is 5.11 Å². The zero-order valence-corrected chi connectivity index (χ0v) is 17.7.